The molecule has 0 saturated carbocycles. The Bertz CT molecular complexity index is 805. The predicted octanol–water partition coefficient (Wildman–Crippen LogP) is -1.12. The molecule has 9 nitrogen and oxygen atoms in total. The molecule has 0 radical (unpaired) electrons. The van der Waals surface area contributed by atoms with Crippen molar-refractivity contribution in [1.82, 2.24) is 15.0 Å². The highest BCUT2D eigenvalue weighted by molar-refractivity contribution is 5.13. The molecule has 4 atom stereocenters. The van der Waals surface area contributed by atoms with E-state index in [2.05, 4.69) is 10.5 Å². The Morgan fingerprint density at radius 1 is 1.24 bits per heavy atom. The molecule has 25 heavy (non-hydrogen) atoms. The lowest BCUT2D eigenvalue weighted by Gasteiger charge is -2.22. The number of H-pyrrole nitrogens is 1. The van der Waals surface area contributed by atoms with Gasteiger partial charge in [-0.3, -0.25) is 19.2 Å². The van der Waals surface area contributed by atoms with Crippen LogP contribution in [0, 0.1) is 0 Å². The van der Waals surface area contributed by atoms with Gasteiger partial charge in [0.15, 0.2) is 6.23 Å². The lowest BCUT2D eigenvalue weighted by molar-refractivity contribution is -0.0610. The molecule has 4 N–H and O–H groups in total. The van der Waals surface area contributed by atoms with Gasteiger partial charge in [0, 0.05) is 12.3 Å². The largest absolute Gasteiger partial charge is 0.394 e. The molecule has 1 saturated heterocycles. The van der Waals surface area contributed by atoms with Crippen molar-refractivity contribution in [2.24, 2.45) is 0 Å². The summed E-state index contributed by atoms with van der Waals surface area (Å²) in [5.74, 6) is 0. The van der Waals surface area contributed by atoms with Crippen molar-refractivity contribution in [2.45, 2.75) is 31.1 Å². The summed E-state index contributed by atoms with van der Waals surface area (Å²) in [4.78, 5) is 30.7. The third-order valence-electron chi connectivity index (χ3n) is 3.98. The molecular weight excluding hydrogens is 330 g/mol. The standard InChI is InChI=1S/C16H19N3O6/c20-8-11-14(22)13(18-24-9-10-4-2-1-3-5-10)15(25-11)19-7-6-12(21)17-16(19)23/h1-7,11,13-15,18,20,22H,8-9H2,(H,17,21,23)/t11-,13-,14-,15-/m1/s1. The van der Waals surface area contributed by atoms with Crippen molar-refractivity contribution < 1.29 is 19.8 Å². The molecule has 1 aromatic heterocycles. The van der Waals surface area contributed by atoms with Gasteiger partial charge in [-0.2, -0.15) is 5.48 Å². The Balaban J connectivity index is 1.75. The van der Waals surface area contributed by atoms with E-state index in [-0.39, 0.29) is 6.61 Å². The van der Waals surface area contributed by atoms with Crippen LogP contribution < -0.4 is 16.7 Å². The number of rotatable bonds is 6. The summed E-state index contributed by atoms with van der Waals surface area (Å²) < 4.78 is 6.67. The zero-order valence-electron chi connectivity index (χ0n) is 13.2. The lowest BCUT2D eigenvalue weighted by Crippen LogP contribution is -2.46. The second-order valence-corrected chi connectivity index (χ2v) is 5.67. The molecule has 134 valence electrons. The molecule has 0 bridgehead atoms. The van der Waals surface area contributed by atoms with Crippen LogP contribution in [0.5, 0.6) is 0 Å². The molecule has 2 aromatic rings. The minimum absolute atomic E-state index is 0.237. The Labute approximate surface area is 142 Å². The molecule has 0 aliphatic carbocycles. The number of hydrogen-bond acceptors (Lipinski definition) is 7. The van der Waals surface area contributed by atoms with Crippen molar-refractivity contribution in [3.8, 4) is 0 Å². The Morgan fingerprint density at radius 2 is 2.00 bits per heavy atom. The minimum Gasteiger partial charge on any atom is -0.394 e. The second kappa shape index (κ2) is 7.72. The third kappa shape index (κ3) is 3.86. The molecular formula is C16H19N3O6. The summed E-state index contributed by atoms with van der Waals surface area (Å²) in [5, 5.41) is 19.6. The predicted molar refractivity (Wildman–Crippen MR) is 86.5 cm³/mol. The van der Waals surface area contributed by atoms with Crippen LogP contribution in [-0.2, 0) is 16.2 Å². The number of ether oxygens (including phenoxy) is 1. The monoisotopic (exact) mass is 349 g/mol. The quantitative estimate of drug-likeness (QED) is 0.487. The van der Waals surface area contributed by atoms with E-state index in [1.54, 1.807) is 0 Å². The van der Waals surface area contributed by atoms with Gasteiger partial charge in [0.05, 0.1) is 13.2 Å². The summed E-state index contributed by atoms with van der Waals surface area (Å²) in [6.07, 6.45) is -1.68. The van der Waals surface area contributed by atoms with E-state index in [1.165, 1.54) is 12.3 Å². The van der Waals surface area contributed by atoms with E-state index < -0.39 is 42.3 Å². The lowest BCUT2D eigenvalue weighted by atomic mass is 10.1. The van der Waals surface area contributed by atoms with Crippen LogP contribution in [0.2, 0.25) is 0 Å². The van der Waals surface area contributed by atoms with E-state index in [9.17, 15) is 19.8 Å². The average molecular weight is 349 g/mol. The number of hydroxylamine groups is 1. The number of nitrogens with one attached hydrogen (secondary N) is 2. The molecule has 1 aromatic carbocycles. The summed E-state index contributed by atoms with van der Waals surface area (Å²) in [5.41, 5.74) is 2.39. The van der Waals surface area contributed by atoms with Crippen LogP contribution in [0.4, 0.5) is 0 Å². The zero-order valence-corrected chi connectivity index (χ0v) is 13.2. The van der Waals surface area contributed by atoms with Gasteiger partial charge < -0.3 is 14.9 Å². The molecule has 1 fully saturated rings. The van der Waals surface area contributed by atoms with E-state index in [4.69, 9.17) is 9.57 Å². The zero-order chi connectivity index (χ0) is 17.8. The Kier molecular flexibility index (Phi) is 5.41. The van der Waals surface area contributed by atoms with Gasteiger partial charge in [0.1, 0.15) is 18.2 Å². The van der Waals surface area contributed by atoms with Crippen molar-refractivity contribution in [1.29, 1.82) is 0 Å². The van der Waals surface area contributed by atoms with Crippen LogP contribution in [0.15, 0.2) is 52.2 Å². The number of aromatic amines is 1. The van der Waals surface area contributed by atoms with Crippen molar-refractivity contribution in [3.05, 3.63) is 69.0 Å². The van der Waals surface area contributed by atoms with Crippen LogP contribution >= 0.6 is 0 Å². The van der Waals surface area contributed by atoms with Gasteiger partial charge in [0.2, 0.25) is 0 Å². The Morgan fingerprint density at radius 3 is 2.68 bits per heavy atom. The van der Waals surface area contributed by atoms with Gasteiger partial charge in [-0.1, -0.05) is 30.3 Å². The minimum atomic E-state index is -1.11. The number of aliphatic hydroxyl groups excluding tert-OH is 2. The number of hydrogen-bond donors (Lipinski definition) is 4. The van der Waals surface area contributed by atoms with Crippen molar-refractivity contribution in [3.63, 3.8) is 0 Å². The van der Waals surface area contributed by atoms with Crippen molar-refractivity contribution in [2.75, 3.05) is 6.61 Å². The maximum Gasteiger partial charge on any atom is 0.330 e. The van der Waals surface area contributed by atoms with Crippen LogP contribution in [0.1, 0.15) is 11.8 Å². The number of benzene rings is 1. The molecule has 3 rings (SSSR count). The van der Waals surface area contributed by atoms with E-state index in [1.807, 2.05) is 30.3 Å². The summed E-state index contributed by atoms with van der Waals surface area (Å²) in [6.45, 7) is -0.187. The van der Waals surface area contributed by atoms with Crippen molar-refractivity contribution >= 4 is 0 Å². The molecule has 2 heterocycles. The highest BCUT2D eigenvalue weighted by Gasteiger charge is 2.45. The molecule has 9 heteroatoms. The average Bonchev–Trinajstić information content (AvgIpc) is 2.92. The fraction of sp³-hybridized carbons (Fsp3) is 0.375. The van der Waals surface area contributed by atoms with Crippen LogP contribution in [0.3, 0.4) is 0 Å². The molecule has 0 unspecified atom stereocenters. The topological polar surface area (TPSA) is 126 Å². The maximum atomic E-state index is 12.0. The van der Waals surface area contributed by atoms with Crippen LogP contribution in [-0.4, -0.2) is 44.6 Å². The first-order chi connectivity index (χ1) is 12.1. The highest BCUT2D eigenvalue weighted by atomic mass is 16.7. The number of nitrogens with zero attached hydrogens (tertiary/aromatic N) is 1. The van der Waals surface area contributed by atoms with Gasteiger partial charge in [-0.25, -0.2) is 4.79 Å². The summed E-state index contributed by atoms with van der Waals surface area (Å²) >= 11 is 0. The van der Waals surface area contributed by atoms with Gasteiger partial charge in [-0.05, 0) is 5.56 Å². The van der Waals surface area contributed by atoms with Gasteiger partial charge in [-0.15, -0.1) is 0 Å². The normalized spacial score (nSPS) is 26.0. The highest BCUT2D eigenvalue weighted by Crippen LogP contribution is 2.28. The van der Waals surface area contributed by atoms with E-state index in [0.717, 1.165) is 10.1 Å². The third-order valence-corrected chi connectivity index (χ3v) is 3.98. The van der Waals surface area contributed by atoms with E-state index in [0.29, 0.717) is 0 Å². The second-order valence-electron chi connectivity index (χ2n) is 5.67. The van der Waals surface area contributed by atoms with Crippen LogP contribution in [0.25, 0.3) is 0 Å². The first kappa shape index (κ1) is 17.5. The number of aliphatic hydroxyl groups is 2. The first-order valence-corrected chi connectivity index (χ1v) is 7.77. The van der Waals surface area contributed by atoms with E-state index >= 15 is 0 Å². The molecule has 1 aliphatic heterocycles. The Hall–Kier alpha value is -2.30. The smallest absolute Gasteiger partial charge is 0.330 e. The summed E-state index contributed by atoms with van der Waals surface area (Å²) in [7, 11) is 0. The fourth-order valence-electron chi connectivity index (χ4n) is 2.68. The first-order valence-electron chi connectivity index (χ1n) is 7.77. The summed E-state index contributed by atoms with van der Waals surface area (Å²) in [6, 6.07) is 9.74. The van der Waals surface area contributed by atoms with Gasteiger partial charge in [0.25, 0.3) is 5.56 Å². The maximum absolute atomic E-state index is 12.0. The fourth-order valence-corrected chi connectivity index (χ4v) is 2.68. The molecule has 0 spiro atoms. The number of aromatic nitrogens is 2. The SMILES string of the molecule is O=c1ccn([C@@H]2O[C@H](CO)[C@@H](O)[C@H]2NOCc2ccccc2)c(=O)[nH]1. The molecule has 0 amide bonds. The molecule has 1 aliphatic rings. The van der Waals surface area contributed by atoms with Gasteiger partial charge >= 0.3 is 5.69 Å².